The van der Waals surface area contributed by atoms with Crippen LogP contribution in [-0.4, -0.2) is 63.0 Å². The molecule has 9 heteroatoms. The Morgan fingerprint density at radius 1 is 1.28 bits per heavy atom. The van der Waals surface area contributed by atoms with Gasteiger partial charge >= 0.3 is 5.97 Å². The number of hydrogen-bond donors (Lipinski definition) is 0. The van der Waals surface area contributed by atoms with Crippen molar-refractivity contribution in [2.75, 3.05) is 31.8 Å². The predicted octanol–water partition coefficient (Wildman–Crippen LogP) is 0.126. The summed E-state index contributed by atoms with van der Waals surface area (Å²) in [6.45, 7) is -0.844. The van der Waals surface area contributed by atoms with Gasteiger partial charge in [-0.25, -0.2) is 13.2 Å². The number of benzene rings is 1. The Morgan fingerprint density at radius 3 is 2.52 bits per heavy atom. The summed E-state index contributed by atoms with van der Waals surface area (Å²) in [5, 5.41) is 8.69. The number of carbonyl (C=O) groups excluding carboxylic acids is 2. The van der Waals surface area contributed by atoms with Crippen molar-refractivity contribution in [3.63, 3.8) is 0 Å². The topological polar surface area (TPSA) is 114 Å². The second-order valence-corrected chi connectivity index (χ2v) is 7.88. The highest BCUT2D eigenvalue weighted by molar-refractivity contribution is 7.91. The molecule has 25 heavy (non-hydrogen) atoms. The number of rotatable bonds is 6. The van der Waals surface area contributed by atoms with Gasteiger partial charge in [0.2, 0.25) is 0 Å². The van der Waals surface area contributed by atoms with Crippen LogP contribution in [0.2, 0.25) is 0 Å². The molecule has 134 valence electrons. The van der Waals surface area contributed by atoms with Gasteiger partial charge in [0.05, 0.1) is 23.1 Å². The highest BCUT2D eigenvalue weighted by atomic mass is 32.2. The largest absolute Gasteiger partial charge is 0.482 e. The molecular formula is C16H18N2O6S. The Labute approximate surface area is 145 Å². The smallest absolute Gasteiger partial charge is 0.344 e. The average molecular weight is 366 g/mol. The highest BCUT2D eigenvalue weighted by Gasteiger charge is 2.32. The van der Waals surface area contributed by atoms with Gasteiger partial charge in [0.1, 0.15) is 5.75 Å². The normalized spacial score (nSPS) is 18.2. The molecule has 0 radical (unpaired) electrons. The van der Waals surface area contributed by atoms with Crippen molar-refractivity contribution in [1.29, 1.82) is 5.26 Å². The van der Waals surface area contributed by atoms with Gasteiger partial charge in [0, 0.05) is 13.1 Å². The predicted molar refractivity (Wildman–Crippen MR) is 87.4 cm³/mol. The monoisotopic (exact) mass is 366 g/mol. The molecule has 1 aromatic carbocycles. The first-order valence-corrected chi connectivity index (χ1v) is 9.37. The molecule has 1 aliphatic heterocycles. The first kappa shape index (κ1) is 18.7. The average Bonchev–Trinajstić information content (AvgIpc) is 2.97. The van der Waals surface area contributed by atoms with Crippen LogP contribution in [-0.2, 0) is 24.2 Å². The fourth-order valence-corrected chi connectivity index (χ4v) is 4.11. The van der Waals surface area contributed by atoms with Gasteiger partial charge in [-0.05, 0) is 30.7 Å². The molecule has 0 aromatic heterocycles. The molecule has 0 spiro atoms. The molecule has 2 rings (SSSR count). The van der Waals surface area contributed by atoms with Crippen LogP contribution in [0.15, 0.2) is 24.3 Å². The van der Waals surface area contributed by atoms with E-state index in [9.17, 15) is 18.0 Å². The number of likely N-dealkylation sites (N-methyl/N-ethyl adjacent to an activating group) is 1. The van der Waals surface area contributed by atoms with E-state index in [0.29, 0.717) is 17.7 Å². The Kier molecular flexibility index (Phi) is 5.98. The van der Waals surface area contributed by atoms with Crippen molar-refractivity contribution in [2.45, 2.75) is 12.5 Å². The van der Waals surface area contributed by atoms with Crippen molar-refractivity contribution in [3.05, 3.63) is 29.8 Å². The Balaban J connectivity index is 1.73. The second-order valence-electron chi connectivity index (χ2n) is 5.65. The van der Waals surface area contributed by atoms with E-state index in [1.54, 1.807) is 24.3 Å². The quantitative estimate of drug-likeness (QED) is 0.657. The second kappa shape index (κ2) is 7.98. The molecule has 1 aliphatic rings. The lowest BCUT2D eigenvalue weighted by Crippen LogP contribution is -2.40. The van der Waals surface area contributed by atoms with Crippen LogP contribution in [0.1, 0.15) is 12.0 Å². The van der Waals surface area contributed by atoms with E-state index in [1.807, 2.05) is 6.07 Å². The lowest BCUT2D eigenvalue weighted by Gasteiger charge is -2.23. The third-order valence-corrected chi connectivity index (χ3v) is 5.60. The minimum Gasteiger partial charge on any atom is -0.482 e. The molecule has 1 saturated heterocycles. The van der Waals surface area contributed by atoms with Gasteiger partial charge in [0.15, 0.2) is 23.1 Å². The molecule has 0 unspecified atom stereocenters. The maximum Gasteiger partial charge on any atom is 0.344 e. The third-order valence-electron chi connectivity index (χ3n) is 3.85. The van der Waals surface area contributed by atoms with E-state index in [0.717, 1.165) is 0 Å². The van der Waals surface area contributed by atoms with Crippen LogP contribution in [0.25, 0.3) is 0 Å². The number of amides is 1. The zero-order valence-corrected chi connectivity index (χ0v) is 14.5. The molecule has 1 heterocycles. The standard InChI is InChI=1S/C16H18N2O6S/c1-18(13-6-7-25(21,22)11-13)15(19)9-24-16(20)10-23-14-4-2-12(8-17)3-5-14/h2-5,13H,6-7,9-11H2,1H3/t13-/m0/s1. The Bertz CT molecular complexity index is 782. The number of nitrogens with zero attached hydrogens (tertiary/aromatic N) is 2. The van der Waals surface area contributed by atoms with E-state index in [1.165, 1.54) is 11.9 Å². The summed E-state index contributed by atoms with van der Waals surface area (Å²) >= 11 is 0. The van der Waals surface area contributed by atoms with E-state index in [-0.39, 0.29) is 24.2 Å². The summed E-state index contributed by atoms with van der Waals surface area (Å²) in [5.74, 6) is -0.784. The van der Waals surface area contributed by atoms with Crippen LogP contribution in [0.3, 0.4) is 0 Å². The van der Waals surface area contributed by atoms with Crippen molar-refractivity contribution in [3.8, 4) is 11.8 Å². The van der Waals surface area contributed by atoms with Crippen LogP contribution >= 0.6 is 0 Å². The van der Waals surface area contributed by atoms with Gasteiger partial charge in [-0.2, -0.15) is 5.26 Å². The number of hydrogen-bond acceptors (Lipinski definition) is 7. The molecule has 0 N–H and O–H groups in total. The molecule has 1 amide bonds. The molecular weight excluding hydrogens is 348 g/mol. The molecule has 1 fully saturated rings. The van der Waals surface area contributed by atoms with Crippen LogP contribution < -0.4 is 4.74 Å². The van der Waals surface area contributed by atoms with Crippen molar-refractivity contribution >= 4 is 21.7 Å². The minimum absolute atomic E-state index is 0.0630. The maximum absolute atomic E-state index is 12.0. The number of sulfone groups is 1. The fraction of sp³-hybridized carbons (Fsp3) is 0.438. The number of carbonyl (C=O) groups is 2. The number of nitriles is 1. The summed E-state index contributed by atoms with van der Waals surface area (Å²) in [6, 6.07) is 7.77. The van der Waals surface area contributed by atoms with E-state index >= 15 is 0 Å². The zero-order chi connectivity index (χ0) is 18.4. The molecule has 1 atom stereocenters. The van der Waals surface area contributed by atoms with Crippen LogP contribution in [0, 0.1) is 11.3 Å². The lowest BCUT2D eigenvalue weighted by atomic mass is 10.2. The van der Waals surface area contributed by atoms with Crippen LogP contribution in [0.5, 0.6) is 5.75 Å². The summed E-state index contributed by atoms with van der Waals surface area (Å²) in [6.07, 6.45) is 0.389. The molecule has 1 aromatic rings. The van der Waals surface area contributed by atoms with Crippen LogP contribution in [0.4, 0.5) is 0 Å². The summed E-state index contributed by atoms with van der Waals surface area (Å²) in [4.78, 5) is 24.9. The molecule has 8 nitrogen and oxygen atoms in total. The van der Waals surface area contributed by atoms with Gasteiger partial charge < -0.3 is 14.4 Å². The Hall–Kier alpha value is -2.60. The fourth-order valence-electron chi connectivity index (χ4n) is 2.34. The minimum atomic E-state index is -3.09. The highest BCUT2D eigenvalue weighted by Crippen LogP contribution is 2.16. The van der Waals surface area contributed by atoms with Gasteiger partial charge in [0.25, 0.3) is 5.91 Å². The summed E-state index contributed by atoms with van der Waals surface area (Å²) < 4.78 is 32.9. The van der Waals surface area contributed by atoms with Crippen molar-refractivity contribution in [2.24, 2.45) is 0 Å². The number of ether oxygens (including phenoxy) is 2. The first-order valence-electron chi connectivity index (χ1n) is 7.55. The third kappa shape index (κ3) is 5.46. The van der Waals surface area contributed by atoms with Crippen molar-refractivity contribution in [1.82, 2.24) is 4.90 Å². The SMILES string of the molecule is CN(C(=O)COC(=O)COc1ccc(C#N)cc1)[C@H]1CCS(=O)(=O)C1. The van der Waals surface area contributed by atoms with Crippen molar-refractivity contribution < 1.29 is 27.5 Å². The lowest BCUT2D eigenvalue weighted by molar-refractivity contribution is -0.153. The van der Waals surface area contributed by atoms with Gasteiger partial charge in [-0.1, -0.05) is 0 Å². The van der Waals surface area contributed by atoms with E-state index in [2.05, 4.69) is 0 Å². The van der Waals surface area contributed by atoms with Gasteiger partial charge in [-0.15, -0.1) is 0 Å². The summed E-state index contributed by atoms with van der Waals surface area (Å²) in [7, 11) is -1.60. The van der Waals surface area contributed by atoms with Gasteiger partial charge in [-0.3, -0.25) is 4.79 Å². The van der Waals surface area contributed by atoms with E-state index < -0.39 is 28.3 Å². The zero-order valence-electron chi connectivity index (χ0n) is 13.7. The number of esters is 1. The van der Waals surface area contributed by atoms with E-state index in [4.69, 9.17) is 14.7 Å². The summed E-state index contributed by atoms with van der Waals surface area (Å²) in [5.41, 5.74) is 0.470. The molecule has 0 aliphatic carbocycles. The molecule has 0 saturated carbocycles. The maximum atomic E-state index is 12.0. The first-order chi connectivity index (χ1) is 11.8. The molecule has 0 bridgehead atoms. The Morgan fingerprint density at radius 2 is 1.96 bits per heavy atom.